The highest BCUT2D eigenvalue weighted by Gasteiger charge is 2.37. The quantitative estimate of drug-likeness (QED) is 0.278. The number of hydrogen-bond acceptors (Lipinski definition) is 2. The summed E-state index contributed by atoms with van der Waals surface area (Å²) < 4.78 is 30.7. The second-order valence-corrected chi connectivity index (χ2v) is 5.01. The Labute approximate surface area is 121 Å². The SMILES string of the molecule is CCCCCCCCCC/C=C/C(F)(F)C(=O)OCC. The molecule has 0 fully saturated rings. The summed E-state index contributed by atoms with van der Waals surface area (Å²) in [4.78, 5) is 10.9. The van der Waals surface area contributed by atoms with Crippen LogP contribution in [0, 0.1) is 0 Å². The average molecular weight is 290 g/mol. The van der Waals surface area contributed by atoms with E-state index in [0.29, 0.717) is 12.5 Å². The molecular formula is C16H28F2O2. The van der Waals surface area contributed by atoms with Crippen LogP contribution in [0.4, 0.5) is 8.78 Å². The monoisotopic (exact) mass is 290 g/mol. The van der Waals surface area contributed by atoms with Crippen LogP contribution in [0.25, 0.3) is 0 Å². The molecular weight excluding hydrogens is 262 g/mol. The molecule has 4 heteroatoms. The third kappa shape index (κ3) is 9.93. The molecule has 0 rings (SSSR count). The van der Waals surface area contributed by atoms with Gasteiger partial charge in [-0.2, -0.15) is 8.78 Å². The molecule has 0 spiro atoms. The zero-order chi connectivity index (χ0) is 15.3. The Morgan fingerprint density at radius 1 is 1.00 bits per heavy atom. The molecule has 0 bridgehead atoms. The van der Waals surface area contributed by atoms with Gasteiger partial charge in [-0.25, -0.2) is 4.79 Å². The van der Waals surface area contributed by atoms with Gasteiger partial charge in [-0.05, 0) is 25.8 Å². The summed E-state index contributed by atoms with van der Waals surface area (Å²) >= 11 is 0. The molecule has 0 N–H and O–H groups in total. The molecule has 0 aliphatic rings. The molecule has 0 aromatic rings. The summed E-state index contributed by atoms with van der Waals surface area (Å²) in [5.74, 6) is -4.96. The summed E-state index contributed by atoms with van der Waals surface area (Å²) in [6, 6.07) is 0. The first-order valence-corrected chi connectivity index (χ1v) is 7.77. The molecule has 20 heavy (non-hydrogen) atoms. The van der Waals surface area contributed by atoms with Crippen molar-refractivity contribution in [2.24, 2.45) is 0 Å². The Morgan fingerprint density at radius 3 is 2.10 bits per heavy atom. The van der Waals surface area contributed by atoms with Crippen LogP contribution in [0.5, 0.6) is 0 Å². The van der Waals surface area contributed by atoms with Crippen molar-refractivity contribution in [1.82, 2.24) is 0 Å². The molecule has 0 aromatic heterocycles. The fourth-order valence-corrected chi connectivity index (χ4v) is 1.92. The minimum Gasteiger partial charge on any atom is -0.461 e. The van der Waals surface area contributed by atoms with Crippen molar-refractivity contribution in [2.75, 3.05) is 6.61 Å². The number of esters is 1. The third-order valence-corrected chi connectivity index (χ3v) is 3.10. The largest absolute Gasteiger partial charge is 0.461 e. The predicted molar refractivity (Wildman–Crippen MR) is 77.9 cm³/mol. The maximum absolute atomic E-state index is 13.2. The molecule has 118 valence electrons. The van der Waals surface area contributed by atoms with Gasteiger partial charge < -0.3 is 4.74 Å². The number of alkyl halides is 2. The van der Waals surface area contributed by atoms with Crippen LogP contribution in [0.1, 0.15) is 71.6 Å². The zero-order valence-electron chi connectivity index (χ0n) is 12.8. The summed E-state index contributed by atoms with van der Waals surface area (Å²) in [5.41, 5.74) is 0. The Morgan fingerprint density at radius 2 is 1.55 bits per heavy atom. The minimum absolute atomic E-state index is 0.0275. The molecule has 0 aliphatic heterocycles. The van der Waals surface area contributed by atoms with Crippen LogP contribution in [-0.2, 0) is 9.53 Å². The van der Waals surface area contributed by atoms with Gasteiger partial charge in [0.25, 0.3) is 0 Å². The summed E-state index contributed by atoms with van der Waals surface area (Å²) in [5, 5.41) is 0. The molecule has 0 aromatic carbocycles. The molecule has 0 saturated heterocycles. The molecule has 0 unspecified atom stereocenters. The van der Waals surface area contributed by atoms with Gasteiger partial charge in [0.2, 0.25) is 0 Å². The number of carbonyl (C=O) groups is 1. The van der Waals surface area contributed by atoms with Crippen LogP contribution in [-0.4, -0.2) is 18.5 Å². The third-order valence-electron chi connectivity index (χ3n) is 3.10. The molecule has 0 saturated carbocycles. The number of rotatable bonds is 12. The van der Waals surface area contributed by atoms with E-state index in [2.05, 4.69) is 11.7 Å². The maximum atomic E-state index is 13.2. The number of allylic oxidation sites excluding steroid dienone is 1. The van der Waals surface area contributed by atoms with E-state index in [9.17, 15) is 13.6 Å². The Bertz CT molecular complexity index is 276. The van der Waals surface area contributed by atoms with Gasteiger partial charge in [0.15, 0.2) is 0 Å². The van der Waals surface area contributed by atoms with Gasteiger partial charge in [-0.15, -0.1) is 0 Å². The molecule has 0 atom stereocenters. The highest BCUT2D eigenvalue weighted by molar-refractivity contribution is 5.79. The van der Waals surface area contributed by atoms with Crippen molar-refractivity contribution in [1.29, 1.82) is 0 Å². The van der Waals surface area contributed by atoms with Gasteiger partial charge in [0.05, 0.1) is 6.61 Å². The lowest BCUT2D eigenvalue weighted by Crippen LogP contribution is -2.28. The van der Waals surface area contributed by atoms with E-state index in [0.717, 1.165) is 19.3 Å². The Hall–Kier alpha value is -0.930. The lowest BCUT2D eigenvalue weighted by atomic mass is 10.1. The first-order valence-electron chi connectivity index (χ1n) is 7.77. The first kappa shape index (κ1) is 19.1. The van der Waals surface area contributed by atoms with Gasteiger partial charge in [0, 0.05) is 0 Å². The molecule has 0 aliphatic carbocycles. The molecule has 0 radical (unpaired) electrons. The minimum atomic E-state index is -3.49. The smallest absolute Gasteiger partial charge is 0.381 e. The van der Waals surface area contributed by atoms with E-state index in [-0.39, 0.29) is 6.61 Å². The molecule has 0 amide bonds. The molecule has 2 nitrogen and oxygen atoms in total. The van der Waals surface area contributed by atoms with Gasteiger partial charge in [-0.1, -0.05) is 57.9 Å². The number of hydrogen-bond donors (Lipinski definition) is 0. The lowest BCUT2D eigenvalue weighted by Gasteiger charge is -2.09. The van der Waals surface area contributed by atoms with E-state index in [1.807, 2.05) is 0 Å². The average Bonchev–Trinajstić information content (AvgIpc) is 2.41. The Kier molecular flexibility index (Phi) is 11.3. The van der Waals surface area contributed by atoms with Gasteiger partial charge in [-0.3, -0.25) is 0 Å². The Balaban J connectivity index is 3.58. The zero-order valence-corrected chi connectivity index (χ0v) is 12.8. The topological polar surface area (TPSA) is 26.3 Å². The van der Waals surface area contributed by atoms with Crippen molar-refractivity contribution < 1.29 is 18.3 Å². The highest BCUT2D eigenvalue weighted by atomic mass is 19.3. The van der Waals surface area contributed by atoms with Crippen LogP contribution >= 0.6 is 0 Å². The summed E-state index contributed by atoms with van der Waals surface area (Å²) in [7, 11) is 0. The van der Waals surface area contributed by atoms with E-state index >= 15 is 0 Å². The van der Waals surface area contributed by atoms with Gasteiger partial charge >= 0.3 is 11.9 Å². The fraction of sp³-hybridized carbons (Fsp3) is 0.812. The predicted octanol–water partition coefficient (Wildman–Crippen LogP) is 5.27. The van der Waals surface area contributed by atoms with Crippen molar-refractivity contribution in [3.8, 4) is 0 Å². The molecule has 0 heterocycles. The fourth-order valence-electron chi connectivity index (χ4n) is 1.92. The van der Waals surface area contributed by atoms with Crippen LogP contribution in [0.3, 0.4) is 0 Å². The number of unbranched alkanes of at least 4 members (excludes halogenated alkanes) is 8. The first-order chi connectivity index (χ1) is 9.54. The normalized spacial score (nSPS) is 12.0. The lowest BCUT2D eigenvalue weighted by molar-refractivity contribution is -0.164. The number of halogens is 2. The second kappa shape index (κ2) is 11.9. The standard InChI is InChI=1S/C16H28F2O2/c1-3-5-6-7-8-9-10-11-12-13-14-16(17,18)15(19)20-4-2/h13-14H,3-12H2,1-2H3/b14-13+. The second-order valence-electron chi connectivity index (χ2n) is 5.01. The van der Waals surface area contributed by atoms with Gasteiger partial charge in [0.1, 0.15) is 0 Å². The van der Waals surface area contributed by atoms with E-state index in [1.54, 1.807) is 0 Å². The van der Waals surface area contributed by atoms with E-state index in [4.69, 9.17) is 0 Å². The summed E-state index contributed by atoms with van der Waals surface area (Å²) in [6.45, 7) is 3.68. The van der Waals surface area contributed by atoms with Crippen LogP contribution < -0.4 is 0 Å². The van der Waals surface area contributed by atoms with Crippen molar-refractivity contribution in [2.45, 2.75) is 77.6 Å². The van der Waals surface area contributed by atoms with E-state index < -0.39 is 11.9 Å². The van der Waals surface area contributed by atoms with Crippen molar-refractivity contribution in [3.63, 3.8) is 0 Å². The van der Waals surface area contributed by atoms with Crippen molar-refractivity contribution >= 4 is 5.97 Å². The van der Waals surface area contributed by atoms with Crippen molar-refractivity contribution in [3.05, 3.63) is 12.2 Å². The number of carbonyl (C=O) groups excluding carboxylic acids is 1. The van der Waals surface area contributed by atoms with Crippen LogP contribution in [0.15, 0.2) is 12.2 Å². The maximum Gasteiger partial charge on any atom is 0.381 e. The highest BCUT2D eigenvalue weighted by Crippen LogP contribution is 2.18. The summed E-state index contributed by atoms with van der Waals surface area (Å²) in [6.07, 6.45) is 12.1. The van der Waals surface area contributed by atoms with Crippen LogP contribution in [0.2, 0.25) is 0 Å². The number of ether oxygens (including phenoxy) is 1. The van der Waals surface area contributed by atoms with E-state index in [1.165, 1.54) is 45.1 Å².